The van der Waals surface area contributed by atoms with E-state index in [0.717, 1.165) is 6.42 Å². The van der Waals surface area contributed by atoms with Crippen molar-refractivity contribution < 1.29 is 103 Å². The minimum atomic E-state index is -4.46. The maximum absolute atomic E-state index is 12.9. The predicted molar refractivity (Wildman–Crippen MR) is 485 cm³/mol. The number of ether oxygens (including phenoxy) is 12. The molecule has 46 heteroatoms. The van der Waals surface area contributed by atoms with Crippen LogP contribution in [0.5, 0.6) is 0 Å². The second kappa shape index (κ2) is 41.7. The Labute approximate surface area is 759 Å². The Morgan fingerprint density at radius 3 is 1.18 bits per heavy atom. The van der Waals surface area contributed by atoms with Crippen molar-refractivity contribution >= 4 is 95.8 Å². The molecular formula is C82H138N17O24P3S2. The Balaban J connectivity index is 0.000000193. The number of fused-ring (bicyclic) bond motifs is 5. The van der Waals surface area contributed by atoms with Crippen LogP contribution in [0.3, 0.4) is 0 Å². The van der Waals surface area contributed by atoms with Crippen LogP contribution < -0.4 is 28.5 Å². The van der Waals surface area contributed by atoms with Gasteiger partial charge in [-0.25, -0.2) is 54.2 Å². The fourth-order valence-electron chi connectivity index (χ4n) is 15.5. The number of anilines is 3. The third-order valence-electron chi connectivity index (χ3n) is 19.7. The number of hydrogen-bond donors (Lipinski definition) is 7. The number of H-pyrrole nitrogens is 1. The SMILES string of the molecule is COCCO[C@H]1C(OC(C)(C)C)[C@@H](CC(C)(C)C)O[C@H]1n1cnc2c(N)ncnc21.COCCO[C@H]1C(OP(=O)(O)OC(C)(C)C)[C@@H](CC(C)(C)C)O[C@H]1n1cnc2c(N)ncnc21.COCCO[C@H]1C(OP(O)(=S)OC(C)(C)C)[C@@H](CC(C)(C)C)O[C@H]1n1cnc2c(N)ncnc21.Cc1cn([C@@H]2O[C@@]3(CC(C)(C)C)CO[C@H]2C3OP(O)(=S)OC(C)(C)C)c(=O)[nH]c1=O. The molecule has 5 fully saturated rings. The number of hydrogen-bond acceptors (Lipinski definition) is 35. The summed E-state index contributed by atoms with van der Waals surface area (Å²) in [5.74, 6) is 0.834. The third-order valence-corrected chi connectivity index (χ3v) is 24.5. The van der Waals surface area contributed by atoms with Gasteiger partial charge in [0.25, 0.3) is 5.56 Å². The van der Waals surface area contributed by atoms with Gasteiger partial charge >= 0.3 is 26.9 Å². The van der Waals surface area contributed by atoms with Gasteiger partial charge in [0.15, 0.2) is 59.3 Å². The van der Waals surface area contributed by atoms with Crippen LogP contribution in [0.4, 0.5) is 17.5 Å². The molecule has 2 bridgehead atoms. The lowest BCUT2D eigenvalue weighted by Gasteiger charge is -2.37. The number of aromatic amines is 1. The molecule has 10 N–H and O–H groups in total. The summed E-state index contributed by atoms with van der Waals surface area (Å²) in [7, 11) is 0.343. The Kier molecular flexibility index (Phi) is 34.6. The average Bonchev–Trinajstić information content (AvgIpc) is 1.55. The molecule has 7 aromatic heterocycles. The maximum atomic E-state index is 12.9. The highest BCUT2D eigenvalue weighted by atomic mass is 32.5. The van der Waals surface area contributed by atoms with Crippen LogP contribution in [0.2, 0.25) is 0 Å². The molecule has 5 aliphatic rings. The van der Waals surface area contributed by atoms with Crippen molar-refractivity contribution in [3.63, 3.8) is 0 Å². The Bertz CT molecular complexity index is 4950. The predicted octanol–water partition coefficient (Wildman–Crippen LogP) is 11.6. The first kappa shape index (κ1) is 106. The lowest BCUT2D eigenvalue weighted by molar-refractivity contribution is -0.184. The lowest BCUT2D eigenvalue weighted by Crippen LogP contribution is -2.45. The molecule has 0 aromatic carbocycles. The molecular weight excluding hydrogens is 1760 g/mol. The van der Waals surface area contributed by atoms with E-state index in [0.29, 0.717) is 90.6 Å². The quantitative estimate of drug-likeness (QED) is 0.0162. The summed E-state index contributed by atoms with van der Waals surface area (Å²) in [6.07, 6.45) is 3.84. The smallest absolute Gasteiger partial charge is 0.382 e. The number of rotatable bonds is 30. The topological polar surface area (TPSA) is 508 Å². The molecule has 12 rings (SSSR count). The highest BCUT2D eigenvalue weighted by molar-refractivity contribution is 8.07. The van der Waals surface area contributed by atoms with Gasteiger partial charge in [0, 0.05) is 33.1 Å². The van der Waals surface area contributed by atoms with Crippen LogP contribution >= 0.6 is 21.3 Å². The molecule has 41 nitrogen and oxygen atoms in total. The largest absolute Gasteiger partial charge is 0.473 e. The van der Waals surface area contributed by atoms with E-state index < -0.39 is 129 Å². The molecule has 7 aromatic rings. The van der Waals surface area contributed by atoms with Crippen molar-refractivity contribution in [2.24, 2.45) is 21.7 Å². The van der Waals surface area contributed by atoms with Gasteiger partial charge in [0.1, 0.15) is 90.0 Å². The van der Waals surface area contributed by atoms with Gasteiger partial charge in [0.05, 0.1) is 106 Å². The molecule has 0 saturated carbocycles. The molecule has 0 aliphatic carbocycles. The number of methoxy groups -OCH3 is 3. The number of nitrogen functional groups attached to an aromatic ring is 3. The summed E-state index contributed by atoms with van der Waals surface area (Å²) in [5.41, 5.74) is 16.2. The van der Waals surface area contributed by atoms with Crippen LogP contribution in [-0.2, 0) is 112 Å². The zero-order valence-corrected chi connectivity index (χ0v) is 83.4. The van der Waals surface area contributed by atoms with Gasteiger partial charge in [-0.05, 0) is 161 Å². The Hall–Kier alpha value is -5.58. The van der Waals surface area contributed by atoms with Gasteiger partial charge in [-0.2, -0.15) is 0 Å². The molecule has 0 spiro atoms. The number of nitrogens with one attached hydrogen (secondary N) is 1. The molecule has 0 amide bonds. The van der Waals surface area contributed by atoms with Gasteiger partial charge in [0.2, 0.25) is 0 Å². The maximum Gasteiger partial charge on any atom is 0.473 e. The Morgan fingerprint density at radius 1 is 0.469 bits per heavy atom. The zero-order chi connectivity index (χ0) is 95.4. The standard InChI is InChI=1S/C21H36N5O7P.C21H36N5O6PS.C21H35N5O4.C19H31N2O7PS/c1-20(2,3)10-13-15(32-34(27,28)33-21(4,5)6)16(30-9-8-29-7)19(31-13)26-12-25-14-17(22)23-11-24-18(14)26;1-20(2,3)10-13-15(31-33(27,34)32-21(4,5)6)16(29-9-8-28-7)19(30-13)26-12-25-14-17(22)23-11-24-18(14)26;1-20(2,3)10-13-15(30-21(4,5)6)16(28-9-8-27-7)19(29-13)26-12-25-14-17(22)23-11-24-18(14)26;1-11-8-21(16(23)20-14(11)22)15-12-13(27-29(24,30)28-18(5,6)7)19(26-15,10-25-12)9-17(2,3)4/h11-13,15-16,19H,8-10H2,1-7H3,(H,27,28)(H2,22,23,24);11-13,15-16,19H,8-10H2,1-7H3,(H,27,34)(H2,22,23,24);11-13,15-16,19H,8-10H2,1-7H3,(H2,22,23,24);8,12-13,15H,9-10H2,1-7H3,(H,24,30)(H,20,22,23)/t13-,15?,16+,19-;13-,15?,16+,19-,33?;13-,15?,16+,19-;12-,13?,15+,19-,29?/m1110/s1. The number of aryl methyl sites for hydroxylation is 1. The number of phosphoric acid groups is 1. The first-order valence-corrected chi connectivity index (χ1v) is 49.1. The molecule has 722 valence electrons. The highest BCUT2D eigenvalue weighted by Gasteiger charge is 2.66. The van der Waals surface area contributed by atoms with Gasteiger partial charge < -0.3 is 97.8 Å². The van der Waals surface area contributed by atoms with E-state index in [1.54, 1.807) is 91.6 Å². The molecule has 128 heavy (non-hydrogen) atoms. The summed E-state index contributed by atoms with van der Waals surface area (Å²) < 4.78 is 126. The van der Waals surface area contributed by atoms with Gasteiger partial charge in [-0.1, -0.05) is 83.1 Å². The fourth-order valence-corrected chi connectivity index (χ4v) is 21.4. The first-order valence-electron chi connectivity index (χ1n) is 42.5. The van der Waals surface area contributed by atoms with E-state index in [1.165, 1.54) is 36.1 Å². The first-order chi connectivity index (χ1) is 58.9. The van der Waals surface area contributed by atoms with E-state index in [1.807, 2.05) is 66.9 Å². The molecule has 7 unspecified atom stereocenters. The van der Waals surface area contributed by atoms with Crippen LogP contribution in [0, 0.1) is 28.6 Å². The van der Waals surface area contributed by atoms with Crippen LogP contribution in [-0.4, -0.2) is 246 Å². The average molecular weight is 1900 g/mol. The minimum Gasteiger partial charge on any atom is -0.382 e. The summed E-state index contributed by atoms with van der Waals surface area (Å²) in [6.45, 7) is 43.8. The highest BCUT2D eigenvalue weighted by Crippen LogP contribution is 2.60. The van der Waals surface area contributed by atoms with Crippen molar-refractivity contribution in [2.45, 2.75) is 319 Å². The molecule has 5 saturated heterocycles. The van der Waals surface area contributed by atoms with Crippen molar-refractivity contribution in [1.29, 1.82) is 0 Å². The minimum absolute atomic E-state index is 0.0553. The van der Waals surface area contributed by atoms with E-state index in [9.17, 15) is 28.8 Å². The van der Waals surface area contributed by atoms with Crippen molar-refractivity contribution in [1.82, 2.24) is 68.1 Å². The second-order valence-electron chi connectivity index (χ2n) is 41.2. The molecule has 0 radical (unpaired) electrons. The molecule has 5 aliphatic heterocycles. The number of nitrogens with zero attached hydrogens (tertiary/aromatic N) is 13. The zero-order valence-electron chi connectivity index (χ0n) is 79.1. The van der Waals surface area contributed by atoms with Gasteiger partial charge in [-0.3, -0.25) is 46.1 Å². The fraction of sp³-hybridized carbons (Fsp3) is 0.768. The van der Waals surface area contributed by atoms with Crippen LogP contribution in [0.1, 0.15) is 222 Å². The van der Waals surface area contributed by atoms with E-state index >= 15 is 0 Å². The van der Waals surface area contributed by atoms with Crippen molar-refractivity contribution in [3.8, 4) is 0 Å². The number of imidazole rings is 3. The van der Waals surface area contributed by atoms with Crippen LogP contribution in [0.25, 0.3) is 33.5 Å². The van der Waals surface area contributed by atoms with E-state index in [-0.39, 0.29) is 77.0 Å². The molecule has 19 atom stereocenters. The lowest BCUT2D eigenvalue weighted by atomic mass is 9.80. The van der Waals surface area contributed by atoms with Crippen molar-refractivity contribution in [3.05, 3.63) is 70.6 Å². The Morgan fingerprint density at radius 2 is 0.828 bits per heavy atom. The molecule has 12 heterocycles. The normalized spacial score (nSPS) is 26.9. The summed E-state index contributed by atoms with van der Waals surface area (Å²) in [5, 5.41) is 0. The van der Waals surface area contributed by atoms with Gasteiger partial charge in [-0.15, -0.1) is 0 Å². The van der Waals surface area contributed by atoms with Crippen molar-refractivity contribution in [2.75, 3.05) is 84.8 Å². The third kappa shape index (κ3) is 29.2. The number of phosphoric ester groups is 1. The number of nitrogens with two attached hydrogens (primary N) is 3. The summed E-state index contributed by atoms with van der Waals surface area (Å²) >= 11 is 10.6. The van der Waals surface area contributed by atoms with E-state index in [4.69, 9.17) is 125 Å². The monoisotopic (exact) mass is 1900 g/mol. The summed E-state index contributed by atoms with van der Waals surface area (Å²) in [4.78, 5) is 96.9. The summed E-state index contributed by atoms with van der Waals surface area (Å²) in [6, 6.07) is 0. The van der Waals surface area contributed by atoms with E-state index in [2.05, 4.69) is 112 Å². The van der Waals surface area contributed by atoms with Crippen LogP contribution in [0.15, 0.2) is 53.7 Å². The second-order valence-corrected chi connectivity index (χ2v) is 47.9. The number of aromatic nitrogens is 14.